The number of aliphatic carboxylic acids is 1. The number of carbonyl (C=O) groups is 3. The SMILES string of the molecule is CCOC(=O)C(=O)c1ccc(SCC(=O)O)cc1F. The van der Waals surface area contributed by atoms with Crippen LogP contribution in [0.3, 0.4) is 0 Å². The highest BCUT2D eigenvalue weighted by atomic mass is 32.2. The average molecular weight is 286 g/mol. The number of carboxylic acid groups (broad SMARTS) is 1. The molecule has 0 aliphatic rings. The molecule has 19 heavy (non-hydrogen) atoms. The second-order valence-corrected chi connectivity index (χ2v) is 4.42. The van der Waals surface area contributed by atoms with Crippen molar-refractivity contribution in [1.82, 2.24) is 0 Å². The van der Waals surface area contributed by atoms with Crippen LogP contribution in [0.15, 0.2) is 23.1 Å². The van der Waals surface area contributed by atoms with Crippen molar-refractivity contribution in [3.63, 3.8) is 0 Å². The first-order valence-electron chi connectivity index (χ1n) is 5.31. The molecule has 102 valence electrons. The molecule has 0 saturated heterocycles. The number of benzene rings is 1. The lowest BCUT2D eigenvalue weighted by Crippen LogP contribution is -2.18. The van der Waals surface area contributed by atoms with Crippen LogP contribution in [0.4, 0.5) is 4.39 Å². The zero-order valence-electron chi connectivity index (χ0n) is 10.0. The van der Waals surface area contributed by atoms with Crippen molar-refractivity contribution in [3.8, 4) is 0 Å². The van der Waals surface area contributed by atoms with Gasteiger partial charge in [0, 0.05) is 4.90 Å². The van der Waals surface area contributed by atoms with Crippen LogP contribution in [-0.4, -0.2) is 35.2 Å². The molecule has 0 amide bonds. The molecule has 0 radical (unpaired) electrons. The van der Waals surface area contributed by atoms with Crippen LogP contribution in [0.2, 0.25) is 0 Å². The maximum atomic E-state index is 13.6. The van der Waals surface area contributed by atoms with Crippen molar-refractivity contribution in [2.75, 3.05) is 12.4 Å². The van der Waals surface area contributed by atoms with Gasteiger partial charge in [0.15, 0.2) is 0 Å². The Morgan fingerprint density at radius 2 is 2.05 bits per heavy atom. The molecule has 1 aromatic carbocycles. The fourth-order valence-electron chi connectivity index (χ4n) is 1.22. The van der Waals surface area contributed by atoms with Gasteiger partial charge in [0.2, 0.25) is 0 Å². The van der Waals surface area contributed by atoms with E-state index in [4.69, 9.17) is 5.11 Å². The molecule has 1 N–H and O–H groups in total. The Kier molecular flexibility index (Phi) is 5.50. The van der Waals surface area contributed by atoms with Crippen LogP contribution in [0.1, 0.15) is 17.3 Å². The molecule has 0 aliphatic carbocycles. The molecule has 0 heterocycles. The maximum absolute atomic E-state index is 13.6. The Bertz CT molecular complexity index is 515. The molecule has 5 nitrogen and oxygen atoms in total. The summed E-state index contributed by atoms with van der Waals surface area (Å²) >= 11 is 0.915. The van der Waals surface area contributed by atoms with Crippen molar-refractivity contribution in [2.45, 2.75) is 11.8 Å². The summed E-state index contributed by atoms with van der Waals surface area (Å²) in [6.07, 6.45) is 0. The number of carbonyl (C=O) groups excluding carboxylic acids is 2. The van der Waals surface area contributed by atoms with Gasteiger partial charge in [0.25, 0.3) is 5.78 Å². The van der Waals surface area contributed by atoms with Crippen molar-refractivity contribution in [3.05, 3.63) is 29.6 Å². The van der Waals surface area contributed by atoms with Crippen molar-refractivity contribution < 1.29 is 28.6 Å². The highest BCUT2D eigenvalue weighted by Gasteiger charge is 2.21. The predicted octanol–water partition coefficient (Wildman–Crippen LogP) is 1.75. The number of ether oxygens (including phenoxy) is 1. The van der Waals surface area contributed by atoms with E-state index in [9.17, 15) is 18.8 Å². The highest BCUT2D eigenvalue weighted by Crippen LogP contribution is 2.21. The van der Waals surface area contributed by atoms with E-state index in [0.29, 0.717) is 4.90 Å². The highest BCUT2D eigenvalue weighted by molar-refractivity contribution is 8.00. The van der Waals surface area contributed by atoms with Gasteiger partial charge in [-0.25, -0.2) is 9.18 Å². The number of hydrogen-bond acceptors (Lipinski definition) is 5. The summed E-state index contributed by atoms with van der Waals surface area (Å²) in [6, 6.07) is 3.53. The summed E-state index contributed by atoms with van der Waals surface area (Å²) in [5.41, 5.74) is -0.391. The third-order valence-electron chi connectivity index (χ3n) is 2.01. The lowest BCUT2D eigenvalue weighted by Gasteiger charge is -2.04. The molecule has 0 bridgehead atoms. The van der Waals surface area contributed by atoms with Crippen LogP contribution in [0, 0.1) is 5.82 Å². The van der Waals surface area contributed by atoms with Crippen molar-refractivity contribution in [1.29, 1.82) is 0 Å². The van der Waals surface area contributed by atoms with E-state index < -0.39 is 29.1 Å². The summed E-state index contributed by atoms with van der Waals surface area (Å²) in [4.78, 5) is 33.4. The normalized spacial score (nSPS) is 10.0. The van der Waals surface area contributed by atoms with Gasteiger partial charge in [0.05, 0.1) is 17.9 Å². The van der Waals surface area contributed by atoms with Gasteiger partial charge in [-0.2, -0.15) is 0 Å². The number of thioether (sulfide) groups is 1. The molecule has 0 aromatic heterocycles. The van der Waals surface area contributed by atoms with Gasteiger partial charge >= 0.3 is 11.9 Å². The van der Waals surface area contributed by atoms with E-state index in [2.05, 4.69) is 4.74 Å². The Balaban J connectivity index is 2.85. The van der Waals surface area contributed by atoms with Crippen LogP contribution in [-0.2, 0) is 14.3 Å². The summed E-state index contributed by atoms with van der Waals surface area (Å²) in [5, 5.41) is 8.49. The van der Waals surface area contributed by atoms with E-state index >= 15 is 0 Å². The topological polar surface area (TPSA) is 80.7 Å². The molecule has 0 unspecified atom stereocenters. The molecule has 0 atom stereocenters. The summed E-state index contributed by atoms with van der Waals surface area (Å²) in [5.74, 6) is -4.31. The fourth-order valence-corrected chi connectivity index (χ4v) is 1.86. The molecular formula is C12H11FO5S. The summed E-state index contributed by atoms with van der Waals surface area (Å²) < 4.78 is 18.1. The predicted molar refractivity (Wildman–Crippen MR) is 65.7 cm³/mol. The number of carboxylic acids is 1. The molecule has 7 heteroatoms. The minimum absolute atomic E-state index is 0.0265. The largest absolute Gasteiger partial charge is 0.481 e. The van der Waals surface area contributed by atoms with Gasteiger partial charge < -0.3 is 9.84 Å². The summed E-state index contributed by atoms with van der Waals surface area (Å²) in [6.45, 7) is 1.56. The number of Topliss-reactive ketones (excluding diaryl/α,β-unsaturated/α-hetero) is 1. The monoisotopic (exact) mass is 286 g/mol. The first kappa shape index (κ1) is 15.2. The number of hydrogen-bond donors (Lipinski definition) is 1. The molecule has 0 aliphatic heterocycles. The van der Waals surface area contributed by atoms with Crippen molar-refractivity contribution in [2.24, 2.45) is 0 Å². The second-order valence-electron chi connectivity index (χ2n) is 3.37. The van der Waals surface area contributed by atoms with Crippen molar-refractivity contribution >= 4 is 29.5 Å². The minimum Gasteiger partial charge on any atom is -0.481 e. The van der Waals surface area contributed by atoms with Gasteiger partial charge in [-0.1, -0.05) is 0 Å². The van der Waals surface area contributed by atoms with Gasteiger partial charge in [0.1, 0.15) is 5.82 Å². The number of esters is 1. The van der Waals surface area contributed by atoms with E-state index in [1.807, 2.05) is 0 Å². The molecule has 0 saturated carbocycles. The fraction of sp³-hybridized carbons (Fsp3) is 0.250. The zero-order chi connectivity index (χ0) is 14.4. The van der Waals surface area contributed by atoms with Crippen LogP contribution in [0.5, 0.6) is 0 Å². The quantitative estimate of drug-likeness (QED) is 0.371. The molecule has 0 spiro atoms. The van der Waals surface area contributed by atoms with E-state index in [1.165, 1.54) is 13.0 Å². The van der Waals surface area contributed by atoms with E-state index in [0.717, 1.165) is 23.9 Å². The number of halogens is 1. The van der Waals surface area contributed by atoms with E-state index in [-0.39, 0.29) is 12.4 Å². The third kappa shape index (κ3) is 4.36. The van der Waals surface area contributed by atoms with Crippen LogP contribution < -0.4 is 0 Å². The smallest absolute Gasteiger partial charge is 0.379 e. The molecule has 1 aromatic rings. The van der Waals surface area contributed by atoms with E-state index in [1.54, 1.807) is 0 Å². The van der Waals surface area contributed by atoms with Gasteiger partial charge in [-0.05, 0) is 25.1 Å². The Morgan fingerprint density at radius 3 is 2.58 bits per heavy atom. The zero-order valence-corrected chi connectivity index (χ0v) is 10.8. The van der Waals surface area contributed by atoms with Crippen LogP contribution >= 0.6 is 11.8 Å². The average Bonchev–Trinajstić information content (AvgIpc) is 2.36. The van der Waals surface area contributed by atoms with Gasteiger partial charge in [-0.3, -0.25) is 9.59 Å². The molecule has 0 fully saturated rings. The van der Waals surface area contributed by atoms with Gasteiger partial charge in [-0.15, -0.1) is 11.8 Å². The molecule has 1 rings (SSSR count). The first-order valence-corrected chi connectivity index (χ1v) is 6.29. The lowest BCUT2D eigenvalue weighted by atomic mass is 10.1. The first-order chi connectivity index (χ1) is 8.95. The number of ketones is 1. The lowest BCUT2D eigenvalue weighted by molar-refractivity contribution is -0.137. The standard InChI is InChI=1S/C12H11FO5S/c1-2-18-12(17)11(16)8-4-3-7(5-9(8)13)19-6-10(14)15/h3-5H,2,6H2,1H3,(H,14,15). The Labute approximate surface area is 112 Å². The Hall–Kier alpha value is -1.89. The Morgan fingerprint density at radius 1 is 1.37 bits per heavy atom. The number of rotatable bonds is 6. The minimum atomic E-state index is -1.12. The second kappa shape index (κ2) is 6.89. The molecular weight excluding hydrogens is 275 g/mol. The van der Waals surface area contributed by atoms with Crippen LogP contribution in [0.25, 0.3) is 0 Å². The summed E-state index contributed by atoms with van der Waals surface area (Å²) in [7, 11) is 0. The maximum Gasteiger partial charge on any atom is 0.379 e. The third-order valence-corrected chi connectivity index (χ3v) is 2.99.